The van der Waals surface area contributed by atoms with Crippen LogP contribution in [0, 0.1) is 5.92 Å². The summed E-state index contributed by atoms with van der Waals surface area (Å²) in [7, 11) is 1.65. The monoisotopic (exact) mass is 438 g/mol. The molecule has 164 valence electrons. The van der Waals surface area contributed by atoms with Gasteiger partial charge in [0.25, 0.3) is 0 Å². The van der Waals surface area contributed by atoms with Crippen LogP contribution in [0.25, 0.3) is 11.0 Å². The highest BCUT2D eigenvalue weighted by molar-refractivity contribution is 7.99. The second-order valence-corrected chi connectivity index (χ2v) is 9.72. The van der Waals surface area contributed by atoms with Crippen LogP contribution in [0.4, 0.5) is 0 Å². The standard InChI is InChI=1S/C24H30N4O2S/c1-16(2)14-28-15-18(31-24-26-19-9-5-6-10-20(19)27-24)12-21(28)23(29)25-13-17-8-4-7-11-22(17)30-3/h4-11,16,18,21H,12-15H2,1-3H3,(H,25,29)(H,26,27)/t18-,21+/m1/s1. The van der Waals surface area contributed by atoms with Crippen molar-refractivity contribution in [1.82, 2.24) is 20.2 Å². The van der Waals surface area contributed by atoms with Crippen LogP contribution < -0.4 is 10.1 Å². The number of benzene rings is 2. The lowest BCUT2D eigenvalue weighted by Crippen LogP contribution is -2.44. The van der Waals surface area contributed by atoms with Crippen LogP contribution in [0.15, 0.2) is 53.7 Å². The quantitative estimate of drug-likeness (QED) is 0.555. The lowest BCUT2D eigenvalue weighted by molar-refractivity contribution is -0.125. The number of imidazole rings is 1. The number of nitrogens with one attached hydrogen (secondary N) is 2. The van der Waals surface area contributed by atoms with Crippen molar-refractivity contribution in [3.63, 3.8) is 0 Å². The van der Waals surface area contributed by atoms with Gasteiger partial charge in [0.2, 0.25) is 5.91 Å². The first-order valence-electron chi connectivity index (χ1n) is 10.8. The van der Waals surface area contributed by atoms with Gasteiger partial charge < -0.3 is 15.0 Å². The van der Waals surface area contributed by atoms with E-state index < -0.39 is 0 Å². The molecule has 1 aromatic heterocycles. The van der Waals surface area contributed by atoms with Crippen LogP contribution >= 0.6 is 11.8 Å². The third kappa shape index (κ3) is 5.22. The van der Waals surface area contributed by atoms with Gasteiger partial charge in [-0.25, -0.2) is 4.98 Å². The molecule has 0 spiro atoms. The fourth-order valence-electron chi connectivity index (χ4n) is 4.18. The molecule has 1 aliphatic rings. The molecular weight excluding hydrogens is 408 g/mol. The number of likely N-dealkylation sites (tertiary alicyclic amines) is 1. The number of H-pyrrole nitrogens is 1. The fourth-order valence-corrected chi connectivity index (χ4v) is 5.36. The molecule has 0 aliphatic carbocycles. The number of fused-ring (bicyclic) bond motifs is 1. The summed E-state index contributed by atoms with van der Waals surface area (Å²) >= 11 is 1.74. The molecule has 2 heterocycles. The minimum absolute atomic E-state index is 0.0827. The lowest BCUT2D eigenvalue weighted by atomic mass is 10.1. The van der Waals surface area contributed by atoms with Gasteiger partial charge >= 0.3 is 0 Å². The molecule has 2 N–H and O–H groups in total. The van der Waals surface area contributed by atoms with Crippen LogP contribution in [-0.4, -0.2) is 52.3 Å². The third-order valence-electron chi connectivity index (χ3n) is 5.56. The van der Waals surface area contributed by atoms with Crippen molar-refractivity contribution in [1.29, 1.82) is 0 Å². The van der Waals surface area contributed by atoms with E-state index in [2.05, 4.69) is 29.0 Å². The molecule has 7 heteroatoms. The molecule has 1 amide bonds. The number of para-hydroxylation sites is 3. The Labute approximate surface area is 187 Å². The first-order chi connectivity index (χ1) is 15.0. The van der Waals surface area contributed by atoms with E-state index in [0.29, 0.717) is 17.7 Å². The summed E-state index contributed by atoms with van der Waals surface area (Å²) in [6.45, 7) is 6.65. The molecule has 31 heavy (non-hydrogen) atoms. The van der Waals surface area contributed by atoms with Gasteiger partial charge in [-0.15, -0.1) is 0 Å². The van der Waals surface area contributed by atoms with E-state index in [1.54, 1.807) is 18.9 Å². The number of ether oxygens (including phenoxy) is 1. The zero-order valence-corrected chi connectivity index (χ0v) is 19.1. The van der Waals surface area contributed by atoms with Crippen molar-refractivity contribution < 1.29 is 9.53 Å². The van der Waals surface area contributed by atoms with Crippen LogP contribution in [0.3, 0.4) is 0 Å². The summed E-state index contributed by atoms with van der Waals surface area (Å²) in [4.78, 5) is 23.5. The van der Waals surface area contributed by atoms with Crippen LogP contribution in [0.2, 0.25) is 0 Å². The number of carbonyl (C=O) groups excluding carboxylic acids is 1. The molecule has 1 aliphatic heterocycles. The highest BCUT2D eigenvalue weighted by Gasteiger charge is 2.37. The predicted octanol–water partition coefficient (Wildman–Crippen LogP) is 4.08. The molecule has 0 bridgehead atoms. The molecule has 1 saturated heterocycles. The SMILES string of the molecule is COc1ccccc1CNC(=O)[C@@H]1C[C@@H](Sc2nc3ccccc3[nH]2)CN1CC(C)C. The second-order valence-electron chi connectivity index (χ2n) is 8.43. The van der Waals surface area contributed by atoms with Gasteiger partial charge in [0.15, 0.2) is 5.16 Å². The van der Waals surface area contributed by atoms with E-state index in [-0.39, 0.29) is 11.9 Å². The lowest BCUT2D eigenvalue weighted by Gasteiger charge is -2.25. The maximum absolute atomic E-state index is 13.1. The average molecular weight is 439 g/mol. The summed E-state index contributed by atoms with van der Waals surface area (Å²) in [6, 6.07) is 15.7. The normalized spacial score (nSPS) is 19.2. The van der Waals surface area contributed by atoms with Crippen molar-refractivity contribution >= 4 is 28.7 Å². The molecule has 0 saturated carbocycles. The first kappa shape index (κ1) is 21.7. The van der Waals surface area contributed by atoms with Crippen molar-refractivity contribution in [2.24, 2.45) is 5.92 Å². The van der Waals surface area contributed by atoms with Crippen molar-refractivity contribution in [3.05, 3.63) is 54.1 Å². The number of carbonyl (C=O) groups is 1. The number of thioether (sulfide) groups is 1. The number of nitrogens with zero attached hydrogens (tertiary/aromatic N) is 2. The summed E-state index contributed by atoms with van der Waals surface area (Å²) in [5.74, 6) is 1.38. The zero-order valence-electron chi connectivity index (χ0n) is 18.3. The molecule has 2 atom stereocenters. The highest BCUT2D eigenvalue weighted by atomic mass is 32.2. The number of hydrogen-bond acceptors (Lipinski definition) is 5. The molecule has 3 aromatic rings. The summed E-state index contributed by atoms with van der Waals surface area (Å²) < 4.78 is 5.41. The van der Waals surface area contributed by atoms with Crippen molar-refractivity contribution in [2.75, 3.05) is 20.2 Å². The van der Waals surface area contributed by atoms with Crippen LogP contribution in [0.1, 0.15) is 25.8 Å². The van der Waals surface area contributed by atoms with E-state index in [9.17, 15) is 4.79 Å². The Morgan fingerprint density at radius 2 is 2.03 bits per heavy atom. The highest BCUT2D eigenvalue weighted by Crippen LogP contribution is 2.33. The number of hydrogen-bond donors (Lipinski definition) is 2. The summed E-state index contributed by atoms with van der Waals surface area (Å²) in [6.07, 6.45) is 0.812. The van der Waals surface area contributed by atoms with Gasteiger partial charge in [0.1, 0.15) is 5.75 Å². The number of aromatic amines is 1. The number of aromatic nitrogens is 2. The van der Waals surface area contributed by atoms with E-state index in [4.69, 9.17) is 9.72 Å². The molecule has 0 unspecified atom stereocenters. The first-order valence-corrected chi connectivity index (χ1v) is 11.7. The van der Waals surface area contributed by atoms with Gasteiger partial charge in [-0.3, -0.25) is 9.69 Å². The zero-order chi connectivity index (χ0) is 21.8. The summed E-state index contributed by atoms with van der Waals surface area (Å²) in [5, 5.41) is 4.37. The molecule has 1 fully saturated rings. The molecule has 0 radical (unpaired) electrons. The molecular formula is C24H30N4O2S. The van der Waals surface area contributed by atoms with Gasteiger partial charge in [0.05, 0.1) is 24.2 Å². The second kappa shape index (κ2) is 9.75. The summed E-state index contributed by atoms with van der Waals surface area (Å²) in [5.41, 5.74) is 3.02. The van der Waals surface area contributed by atoms with E-state index in [0.717, 1.165) is 47.0 Å². The van der Waals surface area contributed by atoms with Crippen LogP contribution in [0.5, 0.6) is 5.75 Å². The smallest absolute Gasteiger partial charge is 0.237 e. The van der Waals surface area contributed by atoms with Crippen molar-refractivity contribution in [2.45, 2.75) is 43.3 Å². The predicted molar refractivity (Wildman–Crippen MR) is 125 cm³/mol. The van der Waals surface area contributed by atoms with E-state index in [1.165, 1.54) is 0 Å². The molecule has 6 nitrogen and oxygen atoms in total. The number of rotatable bonds is 8. The Morgan fingerprint density at radius 1 is 1.26 bits per heavy atom. The Kier molecular flexibility index (Phi) is 6.83. The average Bonchev–Trinajstić information content (AvgIpc) is 3.35. The largest absolute Gasteiger partial charge is 0.496 e. The van der Waals surface area contributed by atoms with Crippen molar-refractivity contribution in [3.8, 4) is 5.75 Å². The van der Waals surface area contributed by atoms with E-state index in [1.807, 2.05) is 48.5 Å². The van der Waals surface area contributed by atoms with E-state index >= 15 is 0 Å². The van der Waals surface area contributed by atoms with Gasteiger partial charge in [0, 0.05) is 30.4 Å². The Balaban J connectivity index is 1.42. The molecule has 4 rings (SSSR count). The maximum Gasteiger partial charge on any atom is 0.237 e. The molecule has 2 aromatic carbocycles. The Morgan fingerprint density at radius 3 is 2.81 bits per heavy atom. The van der Waals surface area contributed by atoms with Crippen LogP contribution in [-0.2, 0) is 11.3 Å². The van der Waals surface area contributed by atoms with Gasteiger partial charge in [-0.2, -0.15) is 0 Å². The Hall–Kier alpha value is -2.51. The minimum Gasteiger partial charge on any atom is -0.496 e. The van der Waals surface area contributed by atoms with Gasteiger partial charge in [-0.05, 0) is 30.5 Å². The topological polar surface area (TPSA) is 70.2 Å². The third-order valence-corrected chi connectivity index (χ3v) is 6.65. The fraction of sp³-hybridized carbons (Fsp3) is 0.417. The Bertz CT molecular complexity index is 1000. The maximum atomic E-state index is 13.1. The minimum atomic E-state index is -0.126. The number of methoxy groups -OCH3 is 1. The number of amides is 1. The van der Waals surface area contributed by atoms with Gasteiger partial charge in [-0.1, -0.05) is 55.9 Å².